The molecule has 0 radical (unpaired) electrons. The summed E-state index contributed by atoms with van der Waals surface area (Å²) in [4.78, 5) is 26.5. The average Bonchev–Trinajstić information content (AvgIpc) is 2.61. The number of carbonyl (C=O) groups excluding carboxylic acids is 2. The molecule has 3 atom stereocenters. The number of benzene rings is 1. The molecule has 1 saturated heterocycles. The fourth-order valence-corrected chi connectivity index (χ4v) is 4.43. The first kappa shape index (κ1) is 18.0. The molecule has 0 unspecified atom stereocenters. The molecule has 136 valence electrons. The molecule has 0 spiro atoms. The van der Waals surface area contributed by atoms with Gasteiger partial charge in [0, 0.05) is 20.0 Å². The van der Waals surface area contributed by atoms with Crippen molar-refractivity contribution in [1.82, 2.24) is 10.2 Å². The highest BCUT2D eigenvalue weighted by molar-refractivity contribution is 5.79. The molecule has 1 aliphatic heterocycles. The highest BCUT2D eigenvalue weighted by Crippen LogP contribution is 2.36. The number of carbonyl (C=O) groups is 2. The highest BCUT2D eigenvalue weighted by atomic mass is 16.2. The van der Waals surface area contributed by atoms with Crippen molar-refractivity contribution >= 4 is 11.8 Å². The number of nitrogens with one attached hydrogen (secondary N) is 1. The Morgan fingerprint density at radius 1 is 1.12 bits per heavy atom. The summed E-state index contributed by atoms with van der Waals surface area (Å²) in [7, 11) is 0. The molecule has 2 amide bonds. The van der Waals surface area contributed by atoms with E-state index in [0.29, 0.717) is 12.3 Å². The predicted octanol–water partition coefficient (Wildman–Crippen LogP) is 3.60. The van der Waals surface area contributed by atoms with Crippen molar-refractivity contribution in [3.05, 3.63) is 35.4 Å². The molecule has 4 nitrogen and oxygen atoms in total. The van der Waals surface area contributed by atoms with Crippen LogP contribution in [0.1, 0.15) is 62.6 Å². The van der Waals surface area contributed by atoms with Gasteiger partial charge in [0.15, 0.2) is 0 Å². The lowest BCUT2D eigenvalue weighted by Gasteiger charge is -2.41. The Kier molecular flexibility index (Phi) is 5.77. The molecule has 1 N–H and O–H groups in total. The fourth-order valence-electron chi connectivity index (χ4n) is 4.43. The van der Waals surface area contributed by atoms with E-state index in [2.05, 4.69) is 5.32 Å². The number of piperidine rings is 1. The van der Waals surface area contributed by atoms with Gasteiger partial charge in [0.25, 0.3) is 0 Å². The molecule has 3 rings (SSSR count). The first-order valence-electron chi connectivity index (χ1n) is 9.64. The third-order valence-electron chi connectivity index (χ3n) is 5.88. The first-order chi connectivity index (χ1) is 12.0. The van der Waals surface area contributed by atoms with Gasteiger partial charge < -0.3 is 10.2 Å². The lowest BCUT2D eigenvalue weighted by Crippen LogP contribution is -2.45. The summed E-state index contributed by atoms with van der Waals surface area (Å²) in [5.74, 6) is 1.58. The summed E-state index contributed by atoms with van der Waals surface area (Å²) >= 11 is 0. The number of rotatable bonds is 4. The number of amides is 2. The molecule has 1 heterocycles. The summed E-state index contributed by atoms with van der Waals surface area (Å²) in [6.45, 7) is 5.33. The van der Waals surface area contributed by atoms with Crippen LogP contribution in [0.15, 0.2) is 24.3 Å². The summed E-state index contributed by atoms with van der Waals surface area (Å²) in [5.41, 5.74) is 2.18. The molecule has 2 fully saturated rings. The fraction of sp³-hybridized carbons (Fsp3) is 0.619. The zero-order valence-corrected chi connectivity index (χ0v) is 15.5. The average molecular weight is 342 g/mol. The zero-order chi connectivity index (χ0) is 17.8. The van der Waals surface area contributed by atoms with Crippen LogP contribution in [0.5, 0.6) is 0 Å². The molecule has 2 aliphatic rings. The van der Waals surface area contributed by atoms with E-state index < -0.39 is 0 Å². The summed E-state index contributed by atoms with van der Waals surface area (Å²) in [5, 5.41) is 2.96. The molecule has 1 aromatic rings. The molecule has 25 heavy (non-hydrogen) atoms. The van der Waals surface area contributed by atoms with Crippen molar-refractivity contribution in [3.63, 3.8) is 0 Å². The maximum absolute atomic E-state index is 12.9. The van der Waals surface area contributed by atoms with E-state index in [1.165, 1.54) is 38.2 Å². The second kappa shape index (κ2) is 8.03. The van der Waals surface area contributed by atoms with Gasteiger partial charge in [-0.1, -0.05) is 49.1 Å². The van der Waals surface area contributed by atoms with Gasteiger partial charge in [-0.15, -0.1) is 0 Å². The van der Waals surface area contributed by atoms with Gasteiger partial charge in [-0.25, -0.2) is 0 Å². The largest absolute Gasteiger partial charge is 0.349 e. The maximum atomic E-state index is 12.9. The van der Waals surface area contributed by atoms with Crippen LogP contribution in [0, 0.1) is 18.8 Å². The first-order valence-corrected chi connectivity index (χ1v) is 9.64. The molecule has 1 saturated carbocycles. The minimum atomic E-state index is -0.241. The summed E-state index contributed by atoms with van der Waals surface area (Å²) in [6.07, 6.45) is 6.76. The summed E-state index contributed by atoms with van der Waals surface area (Å²) < 4.78 is 0. The number of hydrogen-bond donors (Lipinski definition) is 1. The molecule has 4 heteroatoms. The maximum Gasteiger partial charge on any atom is 0.224 e. The van der Waals surface area contributed by atoms with E-state index in [1.807, 2.05) is 36.1 Å². The van der Waals surface area contributed by atoms with Crippen LogP contribution in [-0.2, 0) is 9.59 Å². The molecule has 0 bridgehead atoms. The van der Waals surface area contributed by atoms with Gasteiger partial charge in [0.2, 0.25) is 11.8 Å². The standard InChI is InChI=1S/C21H30N2O2/c1-15-7-9-18(10-8-15)20(22-16(2)24)13-21(25)23-12-11-17-5-3-4-6-19(17)14-23/h7-10,17,19-20H,3-6,11-14H2,1-2H3,(H,22,24)/t17-,19-,20-/m1/s1. The van der Waals surface area contributed by atoms with E-state index in [1.54, 1.807) is 0 Å². The topological polar surface area (TPSA) is 49.4 Å². The van der Waals surface area contributed by atoms with Crippen molar-refractivity contribution in [3.8, 4) is 0 Å². The second-order valence-corrected chi connectivity index (χ2v) is 7.80. The monoisotopic (exact) mass is 342 g/mol. The van der Waals surface area contributed by atoms with Crippen LogP contribution >= 0.6 is 0 Å². The van der Waals surface area contributed by atoms with Crippen LogP contribution in [-0.4, -0.2) is 29.8 Å². The Bertz CT molecular complexity index is 611. The van der Waals surface area contributed by atoms with Crippen LogP contribution < -0.4 is 5.32 Å². The third kappa shape index (κ3) is 4.62. The van der Waals surface area contributed by atoms with Crippen LogP contribution in [0.2, 0.25) is 0 Å². The van der Waals surface area contributed by atoms with Crippen LogP contribution in [0.3, 0.4) is 0 Å². The quantitative estimate of drug-likeness (QED) is 0.909. The minimum Gasteiger partial charge on any atom is -0.349 e. The third-order valence-corrected chi connectivity index (χ3v) is 5.88. The molecular formula is C21H30N2O2. The number of likely N-dealkylation sites (tertiary alicyclic amines) is 1. The molecular weight excluding hydrogens is 312 g/mol. The second-order valence-electron chi connectivity index (χ2n) is 7.80. The Morgan fingerprint density at radius 3 is 2.48 bits per heavy atom. The number of hydrogen-bond acceptors (Lipinski definition) is 2. The Balaban J connectivity index is 1.65. The molecule has 1 aromatic carbocycles. The zero-order valence-electron chi connectivity index (χ0n) is 15.5. The van der Waals surface area contributed by atoms with Gasteiger partial charge in [-0.3, -0.25) is 9.59 Å². The van der Waals surface area contributed by atoms with Crippen molar-refractivity contribution in [2.24, 2.45) is 11.8 Å². The molecule has 0 aromatic heterocycles. The van der Waals surface area contributed by atoms with Gasteiger partial charge in [0.1, 0.15) is 0 Å². The van der Waals surface area contributed by atoms with E-state index in [0.717, 1.165) is 31.0 Å². The number of nitrogens with zero attached hydrogens (tertiary/aromatic N) is 1. The van der Waals surface area contributed by atoms with Gasteiger partial charge in [-0.05, 0) is 37.2 Å². The van der Waals surface area contributed by atoms with Gasteiger partial charge in [-0.2, -0.15) is 0 Å². The Hall–Kier alpha value is -1.84. The van der Waals surface area contributed by atoms with Gasteiger partial charge in [0.05, 0.1) is 12.5 Å². The number of aryl methyl sites for hydroxylation is 1. The smallest absolute Gasteiger partial charge is 0.224 e. The van der Waals surface area contributed by atoms with Crippen molar-refractivity contribution < 1.29 is 9.59 Å². The lowest BCUT2D eigenvalue weighted by atomic mass is 9.75. The Morgan fingerprint density at radius 2 is 1.80 bits per heavy atom. The van der Waals surface area contributed by atoms with E-state index in [-0.39, 0.29) is 17.9 Å². The molecule has 1 aliphatic carbocycles. The number of fused-ring (bicyclic) bond motifs is 1. The minimum absolute atomic E-state index is 0.0932. The van der Waals surface area contributed by atoms with E-state index >= 15 is 0 Å². The Labute approximate surface area is 151 Å². The van der Waals surface area contributed by atoms with Crippen molar-refractivity contribution in [1.29, 1.82) is 0 Å². The van der Waals surface area contributed by atoms with Gasteiger partial charge >= 0.3 is 0 Å². The highest BCUT2D eigenvalue weighted by Gasteiger charge is 2.33. The van der Waals surface area contributed by atoms with Crippen LogP contribution in [0.4, 0.5) is 0 Å². The lowest BCUT2D eigenvalue weighted by molar-refractivity contribution is -0.135. The van der Waals surface area contributed by atoms with E-state index in [4.69, 9.17) is 0 Å². The van der Waals surface area contributed by atoms with Crippen molar-refractivity contribution in [2.75, 3.05) is 13.1 Å². The predicted molar refractivity (Wildman–Crippen MR) is 99.0 cm³/mol. The van der Waals surface area contributed by atoms with E-state index in [9.17, 15) is 9.59 Å². The van der Waals surface area contributed by atoms with Crippen LogP contribution in [0.25, 0.3) is 0 Å². The van der Waals surface area contributed by atoms with Crippen molar-refractivity contribution in [2.45, 2.75) is 58.4 Å². The SMILES string of the molecule is CC(=O)N[C@H](CC(=O)N1CC[C@H]2CCCC[C@@H]2C1)c1ccc(C)cc1. The normalized spacial score (nSPS) is 24.3. The summed E-state index contributed by atoms with van der Waals surface area (Å²) in [6, 6.07) is 7.84.